The number of ether oxygens (including phenoxy) is 1. The van der Waals surface area contributed by atoms with Gasteiger partial charge in [-0.1, -0.05) is 35.3 Å². The number of hydrogen-bond donors (Lipinski definition) is 1. The molecule has 7 heteroatoms. The van der Waals surface area contributed by atoms with Crippen LogP contribution in [0.3, 0.4) is 0 Å². The van der Waals surface area contributed by atoms with Gasteiger partial charge in [0.05, 0.1) is 16.9 Å². The second-order valence-corrected chi connectivity index (χ2v) is 10.8. The summed E-state index contributed by atoms with van der Waals surface area (Å²) in [5, 5.41) is 1.46. The number of nitrogens with zero attached hydrogens (tertiary/aromatic N) is 1. The molecule has 0 fully saturated rings. The van der Waals surface area contributed by atoms with E-state index in [-0.39, 0.29) is 5.43 Å². The van der Waals surface area contributed by atoms with E-state index >= 15 is 0 Å². The number of H-pyrrole nitrogens is 1. The normalized spacial score (nSPS) is 12.1. The minimum absolute atomic E-state index is 0.140. The van der Waals surface area contributed by atoms with Crippen molar-refractivity contribution in [2.24, 2.45) is 0 Å². The monoisotopic (exact) mass is 558 g/mol. The first-order valence-corrected chi connectivity index (χ1v) is 13.4. The first-order chi connectivity index (χ1) is 18.5. The van der Waals surface area contributed by atoms with Crippen molar-refractivity contribution >= 4 is 40.1 Å². The van der Waals surface area contributed by atoms with E-state index in [2.05, 4.69) is 4.98 Å². The minimum Gasteiger partial charge on any atom is -0.454 e. The van der Waals surface area contributed by atoms with Gasteiger partial charge in [0, 0.05) is 49.5 Å². The number of hydrogen-bond acceptors (Lipinski definition) is 3. The van der Waals surface area contributed by atoms with Gasteiger partial charge in [-0.3, -0.25) is 4.79 Å². The lowest BCUT2D eigenvalue weighted by molar-refractivity contribution is 0.0338. The van der Waals surface area contributed by atoms with E-state index in [1.165, 1.54) is 0 Å². The van der Waals surface area contributed by atoms with E-state index in [0.717, 1.165) is 33.6 Å². The highest BCUT2D eigenvalue weighted by Crippen LogP contribution is 2.36. The van der Waals surface area contributed by atoms with Gasteiger partial charge < -0.3 is 14.3 Å². The Labute approximate surface area is 237 Å². The first-order valence-electron chi connectivity index (χ1n) is 12.6. The number of aromatic amines is 1. The van der Waals surface area contributed by atoms with Gasteiger partial charge >= 0.3 is 5.97 Å². The van der Waals surface area contributed by atoms with Crippen LogP contribution in [0.4, 0.5) is 0 Å². The van der Waals surface area contributed by atoms with Gasteiger partial charge in [-0.25, -0.2) is 4.79 Å². The molecule has 2 heterocycles. The Bertz CT molecular complexity index is 1800. The van der Waals surface area contributed by atoms with Crippen LogP contribution in [0.15, 0.2) is 71.5 Å². The number of nitrogens with one attached hydrogen (secondary N) is 1. The largest absolute Gasteiger partial charge is 0.454 e. The summed E-state index contributed by atoms with van der Waals surface area (Å²) in [6.07, 6.45) is -0.615. The van der Waals surface area contributed by atoms with Crippen LogP contribution in [0.25, 0.3) is 27.8 Å². The van der Waals surface area contributed by atoms with Crippen molar-refractivity contribution in [1.82, 2.24) is 9.55 Å². The molecule has 0 aliphatic carbocycles. The third kappa shape index (κ3) is 5.00. The number of aryl methyl sites for hydroxylation is 4. The zero-order valence-electron chi connectivity index (χ0n) is 22.4. The molecule has 0 radical (unpaired) electrons. The molecule has 5 nitrogen and oxygen atoms in total. The topological polar surface area (TPSA) is 64.1 Å². The second kappa shape index (κ2) is 10.4. The van der Waals surface area contributed by atoms with Crippen LogP contribution in [-0.4, -0.2) is 15.5 Å². The Morgan fingerprint density at radius 2 is 1.49 bits per heavy atom. The number of benzene rings is 3. The summed E-state index contributed by atoms with van der Waals surface area (Å²) in [5.41, 5.74) is 7.80. The fourth-order valence-corrected chi connectivity index (χ4v) is 5.61. The number of fused-ring (bicyclic) bond motifs is 1. The molecule has 0 saturated heterocycles. The van der Waals surface area contributed by atoms with E-state index in [1.54, 1.807) is 36.4 Å². The highest BCUT2D eigenvalue weighted by molar-refractivity contribution is 6.31. The van der Waals surface area contributed by atoms with E-state index in [1.807, 2.05) is 69.5 Å². The third-order valence-corrected chi connectivity index (χ3v) is 7.58. The van der Waals surface area contributed by atoms with Crippen LogP contribution in [0.2, 0.25) is 10.0 Å². The second-order valence-electron chi connectivity index (χ2n) is 9.89. The molecule has 1 atom stereocenters. The number of pyridine rings is 1. The molecule has 0 unspecified atom stereocenters. The molecule has 5 rings (SSSR count). The van der Waals surface area contributed by atoms with E-state index in [4.69, 9.17) is 27.9 Å². The maximum absolute atomic E-state index is 13.7. The van der Waals surface area contributed by atoms with Crippen LogP contribution in [0.1, 0.15) is 51.5 Å². The summed E-state index contributed by atoms with van der Waals surface area (Å²) >= 11 is 12.4. The van der Waals surface area contributed by atoms with Gasteiger partial charge in [-0.05, 0) is 94.3 Å². The summed E-state index contributed by atoms with van der Waals surface area (Å²) in [6.45, 7) is 9.77. The molecule has 3 aromatic carbocycles. The molecule has 39 heavy (non-hydrogen) atoms. The molecular formula is C32H28Cl2N2O3. The van der Waals surface area contributed by atoms with Crippen molar-refractivity contribution in [3.8, 4) is 16.9 Å². The lowest BCUT2D eigenvalue weighted by atomic mass is 9.91. The molecule has 0 aliphatic heterocycles. The summed E-state index contributed by atoms with van der Waals surface area (Å²) < 4.78 is 8.11. The van der Waals surface area contributed by atoms with Crippen LogP contribution in [0.5, 0.6) is 0 Å². The van der Waals surface area contributed by atoms with Gasteiger partial charge in [-0.15, -0.1) is 0 Å². The van der Waals surface area contributed by atoms with Gasteiger partial charge in [0.2, 0.25) is 0 Å². The van der Waals surface area contributed by atoms with Gasteiger partial charge in [0.15, 0.2) is 5.43 Å². The van der Waals surface area contributed by atoms with Crippen LogP contribution in [-0.2, 0) is 4.74 Å². The van der Waals surface area contributed by atoms with Gasteiger partial charge in [0.25, 0.3) is 0 Å². The van der Waals surface area contributed by atoms with Crippen molar-refractivity contribution < 1.29 is 9.53 Å². The Morgan fingerprint density at radius 1 is 0.846 bits per heavy atom. The summed E-state index contributed by atoms with van der Waals surface area (Å²) in [7, 11) is 0. The van der Waals surface area contributed by atoms with Crippen molar-refractivity contribution in [2.75, 3.05) is 0 Å². The fourth-order valence-electron chi connectivity index (χ4n) is 5.27. The highest BCUT2D eigenvalue weighted by Gasteiger charge is 2.24. The number of esters is 1. The molecule has 0 amide bonds. The molecule has 1 N–H and O–H groups in total. The quantitative estimate of drug-likeness (QED) is 0.220. The standard InChI is InChI=1S/C32H28Cl2N2O3/c1-17-6-7-18(2)31(27-16-29(37)24-14-22(33)10-12-26(24)35-27)30(17)21(5)39-32(38)25-15-23(34)11-13-28(25)36-19(3)8-9-20(36)4/h6-16,21H,1-5H3,(H,35,37)/t21-/m1/s1. The van der Waals surface area contributed by atoms with Gasteiger partial charge in [0.1, 0.15) is 6.10 Å². The number of carbonyl (C=O) groups is 1. The molecule has 0 aliphatic rings. The zero-order chi connectivity index (χ0) is 28.0. The number of halogens is 2. The first kappa shape index (κ1) is 26.8. The van der Waals surface area contributed by atoms with E-state index in [0.29, 0.717) is 37.9 Å². The Balaban J connectivity index is 1.59. The molecule has 5 aromatic rings. The van der Waals surface area contributed by atoms with E-state index < -0.39 is 12.1 Å². The van der Waals surface area contributed by atoms with Crippen molar-refractivity contribution in [3.63, 3.8) is 0 Å². The maximum atomic E-state index is 13.7. The average molecular weight is 559 g/mol. The predicted octanol–water partition coefficient (Wildman–Crippen LogP) is 8.44. The number of aromatic nitrogens is 2. The lowest BCUT2D eigenvalue weighted by Gasteiger charge is -2.23. The molecular weight excluding hydrogens is 531 g/mol. The Hall–Kier alpha value is -3.80. The fraction of sp³-hybridized carbons (Fsp3) is 0.188. The third-order valence-electron chi connectivity index (χ3n) is 7.11. The Kier molecular flexibility index (Phi) is 7.15. The average Bonchev–Trinajstić information content (AvgIpc) is 3.22. The molecule has 2 aromatic heterocycles. The zero-order valence-corrected chi connectivity index (χ0v) is 23.9. The highest BCUT2D eigenvalue weighted by atomic mass is 35.5. The molecule has 198 valence electrons. The smallest absolute Gasteiger partial charge is 0.340 e. The van der Waals surface area contributed by atoms with Crippen LogP contribution < -0.4 is 5.43 Å². The number of rotatable bonds is 5. The van der Waals surface area contributed by atoms with Crippen molar-refractivity contribution in [2.45, 2.75) is 40.7 Å². The molecule has 0 bridgehead atoms. The van der Waals surface area contributed by atoms with Crippen LogP contribution in [0, 0.1) is 27.7 Å². The number of carbonyl (C=O) groups excluding carboxylic acids is 1. The SMILES string of the molecule is Cc1ccc(C)c([C@@H](C)OC(=O)c2cc(Cl)ccc2-n2c(C)ccc2C)c1-c1cc(=O)c2cc(Cl)ccc2[nH]1. The van der Waals surface area contributed by atoms with Crippen LogP contribution >= 0.6 is 23.2 Å². The predicted molar refractivity (Wildman–Crippen MR) is 159 cm³/mol. The van der Waals surface area contributed by atoms with Crippen molar-refractivity contribution in [3.05, 3.63) is 121 Å². The molecule has 0 spiro atoms. The van der Waals surface area contributed by atoms with Crippen molar-refractivity contribution in [1.29, 1.82) is 0 Å². The van der Waals surface area contributed by atoms with Gasteiger partial charge in [-0.2, -0.15) is 0 Å². The Morgan fingerprint density at radius 3 is 2.21 bits per heavy atom. The summed E-state index contributed by atoms with van der Waals surface area (Å²) in [6, 6.07) is 20.0. The summed E-state index contributed by atoms with van der Waals surface area (Å²) in [5.74, 6) is -0.485. The van der Waals surface area contributed by atoms with E-state index in [9.17, 15) is 9.59 Å². The maximum Gasteiger partial charge on any atom is 0.340 e. The summed E-state index contributed by atoms with van der Waals surface area (Å²) in [4.78, 5) is 30.1. The minimum atomic E-state index is -0.615. The molecule has 0 saturated carbocycles. The lowest BCUT2D eigenvalue weighted by Crippen LogP contribution is -2.15.